The number of rotatable bonds is 4. The zero-order valence-electron chi connectivity index (χ0n) is 18.6. The van der Waals surface area contributed by atoms with Crippen LogP contribution in [-0.2, 0) is 0 Å². The van der Waals surface area contributed by atoms with Crippen LogP contribution in [0.1, 0.15) is 60.9 Å². The Morgan fingerprint density at radius 2 is 1.71 bits per heavy atom. The summed E-state index contributed by atoms with van der Waals surface area (Å²) < 4.78 is 0. The molecule has 168 valence electrons. The first kappa shape index (κ1) is 20.7. The SMILES string of the molecule is Cc1ccc(N2CCCN(C(=O)O)CC2)cc1C(=O)NCC12CC3CC(CC(C3)C1)C2. The second kappa shape index (κ2) is 8.03. The summed E-state index contributed by atoms with van der Waals surface area (Å²) in [6.45, 7) is 5.34. The smallest absolute Gasteiger partial charge is 0.407 e. The molecular weight excluding hydrogens is 390 g/mol. The molecule has 6 heteroatoms. The van der Waals surface area contributed by atoms with Crippen LogP contribution < -0.4 is 10.2 Å². The van der Waals surface area contributed by atoms with E-state index in [2.05, 4.69) is 16.3 Å². The van der Waals surface area contributed by atoms with Crippen molar-refractivity contribution in [1.82, 2.24) is 10.2 Å². The van der Waals surface area contributed by atoms with E-state index in [4.69, 9.17) is 0 Å². The molecule has 0 atom stereocenters. The second-order valence-corrected chi connectivity index (χ2v) is 10.7. The molecule has 0 spiro atoms. The van der Waals surface area contributed by atoms with Crippen LogP contribution in [0.4, 0.5) is 10.5 Å². The molecule has 1 aliphatic heterocycles. The molecule has 2 amide bonds. The molecule has 1 aromatic carbocycles. The Labute approximate surface area is 185 Å². The minimum Gasteiger partial charge on any atom is -0.465 e. The number of hydrogen-bond donors (Lipinski definition) is 2. The van der Waals surface area contributed by atoms with Crippen molar-refractivity contribution in [2.24, 2.45) is 23.2 Å². The van der Waals surface area contributed by atoms with Gasteiger partial charge in [0.25, 0.3) is 5.91 Å². The van der Waals surface area contributed by atoms with Crippen molar-refractivity contribution in [2.75, 3.05) is 37.6 Å². The molecule has 5 fully saturated rings. The topological polar surface area (TPSA) is 72.9 Å². The van der Waals surface area contributed by atoms with Gasteiger partial charge in [-0.1, -0.05) is 6.07 Å². The molecule has 6 nitrogen and oxygen atoms in total. The summed E-state index contributed by atoms with van der Waals surface area (Å²) in [7, 11) is 0. The number of amides is 2. The summed E-state index contributed by atoms with van der Waals surface area (Å²) in [6.07, 6.45) is 8.10. The van der Waals surface area contributed by atoms with E-state index in [-0.39, 0.29) is 5.91 Å². The number of carboxylic acid groups (broad SMARTS) is 1. The summed E-state index contributed by atoms with van der Waals surface area (Å²) >= 11 is 0. The fourth-order valence-electron chi connectivity index (χ4n) is 7.29. The number of hydrogen-bond acceptors (Lipinski definition) is 3. The van der Waals surface area contributed by atoms with Crippen LogP contribution in [0, 0.1) is 30.1 Å². The average molecular weight is 426 g/mol. The summed E-state index contributed by atoms with van der Waals surface area (Å²) in [4.78, 5) is 28.2. The van der Waals surface area contributed by atoms with Crippen molar-refractivity contribution in [3.63, 3.8) is 0 Å². The van der Waals surface area contributed by atoms with E-state index in [9.17, 15) is 14.7 Å². The molecule has 4 saturated carbocycles. The molecular formula is C25H35N3O3. The Morgan fingerprint density at radius 1 is 1.03 bits per heavy atom. The third-order valence-corrected chi connectivity index (χ3v) is 8.39. The molecule has 1 heterocycles. The van der Waals surface area contributed by atoms with Gasteiger partial charge in [0.2, 0.25) is 0 Å². The van der Waals surface area contributed by atoms with Gasteiger partial charge in [-0.15, -0.1) is 0 Å². The average Bonchev–Trinajstić information content (AvgIpc) is 2.98. The van der Waals surface area contributed by atoms with Crippen molar-refractivity contribution in [1.29, 1.82) is 0 Å². The zero-order chi connectivity index (χ0) is 21.6. The quantitative estimate of drug-likeness (QED) is 0.761. The first-order valence-electron chi connectivity index (χ1n) is 12.0. The van der Waals surface area contributed by atoms with Crippen LogP contribution in [0.3, 0.4) is 0 Å². The Hall–Kier alpha value is -2.24. The van der Waals surface area contributed by atoms with Gasteiger partial charge in [-0.2, -0.15) is 0 Å². The van der Waals surface area contributed by atoms with Gasteiger partial charge in [0.05, 0.1) is 0 Å². The summed E-state index contributed by atoms with van der Waals surface area (Å²) in [5.41, 5.74) is 3.09. The highest BCUT2D eigenvalue weighted by Gasteiger charge is 2.50. The molecule has 4 bridgehead atoms. The van der Waals surface area contributed by atoms with Gasteiger partial charge in [0, 0.05) is 44.0 Å². The molecule has 1 aromatic rings. The standard InChI is InChI=1S/C25H35N3O3/c1-17-3-4-21(27-5-2-6-28(8-7-27)24(30)31)12-22(17)23(29)26-16-25-13-18-9-19(14-25)11-20(10-18)15-25/h3-4,12,18-20H,2,5-11,13-16H2,1H3,(H,26,29)(H,30,31). The lowest BCUT2D eigenvalue weighted by Crippen LogP contribution is -2.51. The maximum Gasteiger partial charge on any atom is 0.407 e. The van der Waals surface area contributed by atoms with E-state index in [1.54, 1.807) is 0 Å². The van der Waals surface area contributed by atoms with Crippen LogP contribution >= 0.6 is 0 Å². The van der Waals surface area contributed by atoms with Gasteiger partial charge in [-0.25, -0.2) is 4.79 Å². The zero-order valence-corrected chi connectivity index (χ0v) is 18.6. The third kappa shape index (κ3) is 4.13. The molecule has 0 unspecified atom stereocenters. The van der Waals surface area contributed by atoms with E-state index in [1.807, 2.05) is 19.1 Å². The molecule has 1 saturated heterocycles. The number of nitrogens with one attached hydrogen (secondary N) is 1. The van der Waals surface area contributed by atoms with Gasteiger partial charge < -0.3 is 20.2 Å². The Balaban J connectivity index is 1.26. The van der Waals surface area contributed by atoms with E-state index >= 15 is 0 Å². The van der Waals surface area contributed by atoms with Crippen LogP contribution in [0.2, 0.25) is 0 Å². The van der Waals surface area contributed by atoms with Gasteiger partial charge >= 0.3 is 6.09 Å². The highest BCUT2D eigenvalue weighted by atomic mass is 16.4. The van der Waals surface area contributed by atoms with E-state index < -0.39 is 6.09 Å². The maximum absolute atomic E-state index is 13.2. The van der Waals surface area contributed by atoms with Crippen molar-refractivity contribution < 1.29 is 14.7 Å². The molecule has 31 heavy (non-hydrogen) atoms. The number of nitrogens with zero attached hydrogens (tertiary/aromatic N) is 2. The van der Waals surface area contributed by atoms with Crippen LogP contribution in [-0.4, -0.2) is 54.7 Å². The van der Waals surface area contributed by atoms with E-state index in [1.165, 1.54) is 43.4 Å². The largest absolute Gasteiger partial charge is 0.465 e. The van der Waals surface area contributed by atoms with Crippen molar-refractivity contribution in [3.8, 4) is 0 Å². The second-order valence-electron chi connectivity index (χ2n) is 10.7. The minimum atomic E-state index is -0.851. The Kier molecular flexibility index (Phi) is 5.35. The van der Waals surface area contributed by atoms with Gasteiger partial charge in [0.1, 0.15) is 0 Å². The van der Waals surface area contributed by atoms with Gasteiger partial charge in [0.15, 0.2) is 0 Å². The molecule has 0 aromatic heterocycles. The molecule has 6 rings (SSSR count). The van der Waals surface area contributed by atoms with Crippen LogP contribution in [0.15, 0.2) is 18.2 Å². The maximum atomic E-state index is 13.2. The lowest BCUT2D eigenvalue weighted by molar-refractivity contribution is -0.0503. The highest BCUT2D eigenvalue weighted by Crippen LogP contribution is 2.59. The van der Waals surface area contributed by atoms with Gasteiger partial charge in [-0.3, -0.25) is 4.79 Å². The summed E-state index contributed by atoms with van der Waals surface area (Å²) in [5.74, 6) is 2.71. The Morgan fingerprint density at radius 3 is 2.35 bits per heavy atom. The lowest BCUT2D eigenvalue weighted by atomic mass is 9.49. The predicted molar refractivity (Wildman–Crippen MR) is 121 cm³/mol. The molecule has 4 aliphatic carbocycles. The van der Waals surface area contributed by atoms with Crippen molar-refractivity contribution in [3.05, 3.63) is 29.3 Å². The monoisotopic (exact) mass is 425 g/mol. The molecule has 0 radical (unpaired) electrons. The van der Waals surface area contributed by atoms with Crippen molar-refractivity contribution in [2.45, 2.75) is 51.9 Å². The van der Waals surface area contributed by atoms with Crippen LogP contribution in [0.25, 0.3) is 0 Å². The first-order valence-corrected chi connectivity index (χ1v) is 12.0. The summed E-state index contributed by atoms with van der Waals surface area (Å²) in [5, 5.41) is 12.6. The number of carbonyl (C=O) groups is 2. The first-order chi connectivity index (χ1) is 14.9. The number of carbonyl (C=O) groups excluding carboxylic acids is 1. The lowest BCUT2D eigenvalue weighted by Gasteiger charge is -2.56. The van der Waals surface area contributed by atoms with Crippen molar-refractivity contribution >= 4 is 17.7 Å². The third-order valence-electron chi connectivity index (χ3n) is 8.39. The highest BCUT2D eigenvalue weighted by molar-refractivity contribution is 5.96. The predicted octanol–water partition coefficient (Wildman–Crippen LogP) is 4.13. The van der Waals surface area contributed by atoms with Gasteiger partial charge in [-0.05, 0) is 92.7 Å². The van der Waals surface area contributed by atoms with E-state index in [0.29, 0.717) is 25.0 Å². The Bertz CT molecular complexity index is 832. The summed E-state index contributed by atoms with van der Waals surface area (Å²) in [6, 6.07) is 6.08. The fraction of sp³-hybridized carbons (Fsp3) is 0.680. The number of anilines is 1. The number of benzene rings is 1. The number of aryl methyl sites for hydroxylation is 1. The molecule has 2 N–H and O–H groups in total. The molecule has 5 aliphatic rings. The minimum absolute atomic E-state index is 0.0390. The normalized spacial score (nSPS) is 32.1. The fourth-order valence-corrected chi connectivity index (χ4v) is 7.29. The van der Waals surface area contributed by atoms with E-state index in [0.717, 1.165) is 54.1 Å². The van der Waals surface area contributed by atoms with Crippen LogP contribution in [0.5, 0.6) is 0 Å².